The van der Waals surface area contributed by atoms with E-state index >= 15 is 0 Å². The van der Waals surface area contributed by atoms with Gasteiger partial charge in [0.1, 0.15) is 0 Å². The molecule has 0 unspecified atom stereocenters. The second-order valence-electron chi connectivity index (χ2n) is 6.26. The van der Waals surface area contributed by atoms with Crippen LogP contribution in [0.3, 0.4) is 0 Å². The average molecular weight is 403 g/mol. The zero-order valence-electron chi connectivity index (χ0n) is 15.1. The molecule has 0 saturated heterocycles. The number of hydrogen-bond acceptors (Lipinski definition) is 5. The summed E-state index contributed by atoms with van der Waals surface area (Å²) in [4.78, 5) is 25.4. The monoisotopic (exact) mass is 403 g/mol. The molecule has 148 valence electrons. The third kappa shape index (κ3) is 5.30. The van der Waals surface area contributed by atoms with Gasteiger partial charge in [-0.15, -0.1) is 0 Å². The van der Waals surface area contributed by atoms with Gasteiger partial charge < -0.3 is 9.73 Å². The molecule has 1 amide bonds. The number of nitrogens with one attached hydrogen (secondary N) is 3. The molecule has 0 bridgehead atoms. The van der Waals surface area contributed by atoms with Gasteiger partial charge in [-0.1, -0.05) is 30.3 Å². The lowest BCUT2D eigenvalue weighted by Gasteiger charge is -2.08. The standard InChI is InChI=1S/C19H21N3O5S/c23-18(20-11-4-7-14-5-2-1-3-6-14)10-12-21-28(25,26)15-8-9-16-17(13-15)27-19(24)22-16/h1-3,5-6,8-9,13,21H,4,7,10-12H2,(H,20,23)(H,22,24). The summed E-state index contributed by atoms with van der Waals surface area (Å²) >= 11 is 0. The van der Waals surface area contributed by atoms with Crippen LogP contribution in [0.4, 0.5) is 0 Å². The van der Waals surface area contributed by atoms with E-state index in [2.05, 4.69) is 15.0 Å². The van der Waals surface area contributed by atoms with Crippen molar-refractivity contribution in [2.75, 3.05) is 13.1 Å². The van der Waals surface area contributed by atoms with Crippen molar-refractivity contribution in [2.45, 2.75) is 24.2 Å². The maximum atomic E-state index is 12.3. The Morgan fingerprint density at radius 2 is 1.86 bits per heavy atom. The van der Waals surface area contributed by atoms with Crippen molar-refractivity contribution in [2.24, 2.45) is 0 Å². The van der Waals surface area contributed by atoms with Crippen LogP contribution < -0.4 is 15.8 Å². The first-order chi connectivity index (χ1) is 13.4. The number of carbonyl (C=O) groups excluding carboxylic acids is 1. The molecule has 3 rings (SSSR count). The molecule has 1 aromatic heterocycles. The first-order valence-corrected chi connectivity index (χ1v) is 10.4. The predicted molar refractivity (Wildman–Crippen MR) is 104 cm³/mol. The Hall–Kier alpha value is -2.91. The topological polar surface area (TPSA) is 121 Å². The van der Waals surface area contributed by atoms with E-state index in [0.717, 1.165) is 12.8 Å². The molecule has 8 nitrogen and oxygen atoms in total. The highest BCUT2D eigenvalue weighted by atomic mass is 32.2. The van der Waals surface area contributed by atoms with E-state index in [1.807, 2.05) is 30.3 Å². The van der Waals surface area contributed by atoms with Crippen molar-refractivity contribution < 1.29 is 17.6 Å². The van der Waals surface area contributed by atoms with Crippen LogP contribution in [-0.2, 0) is 21.2 Å². The molecule has 28 heavy (non-hydrogen) atoms. The maximum Gasteiger partial charge on any atom is 0.417 e. The molecule has 0 saturated carbocycles. The summed E-state index contributed by atoms with van der Waals surface area (Å²) in [5, 5.41) is 2.78. The lowest BCUT2D eigenvalue weighted by molar-refractivity contribution is -0.120. The minimum Gasteiger partial charge on any atom is -0.408 e. The number of rotatable bonds is 9. The van der Waals surface area contributed by atoms with Crippen LogP contribution in [0, 0.1) is 0 Å². The van der Waals surface area contributed by atoms with Crippen molar-refractivity contribution >= 4 is 27.0 Å². The van der Waals surface area contributed by atoms with E-state index in [1.54, 1.807) is 0 Å². The van der Waals surface area contributed by atoms with Crippen molar-refractivity contribution in [3.05, 3.63) is 64.6 Å². The molecule has 9 heteroatoms. The van der Waals surface area contributed by atoms with Crippen molar-refractivity contribution in [3.63, 3.8) is 0 Å². The highest BCUT2D eigenvalue weighted by Crippen LogP contribution is 2.16. The number of benzene rings is 2. The second-order valence-corrected chi connectivity index (χ2v) is 8.03. The van der Waals surface area contributed by atoms with Crippen LogP contribution >= 0.6 is 0 Å². The van der Waals surface area contributed by atoms with Gasteiger partial charge in [-0.25, -0.2) is 17.9 Å². The van der Waals surface area contributed by atoms with Gasteiger partial charge in [-0.05, 0) is 30.5 Å². The number of sulfonamides is 1. The zero-order chi connectivity index (χ0) is 20.0. The molecular formula is C19H21N3O5S. The van der Waals surface area contributed by atoms with E-state index in [0.29, 0.717) is 12.1 Å². The van der Waals surface area contributed by atoms with Gasteiger partial charge in [-0.3, -0.25) is 9.78 Å². The van der Waals surface area contributed by atoms with Crippen LogP contribution in [0.15, 0.2) is 62.6 Å². The van der Waals surface area contributed by atoms with Gasteiger partial charge in [-0.2, -0.15) is 0 Å². The molecule has 3 aromatic rings. The van der Waals surface area contributed by atoms with Gasteiger partial charge in [0, 0.05) is 25.6 Å². The summed E-state index contributed by atoms with van der Waals surface area (Å²) in [7, 11) is -3.81. The Morgan fingerprint density at radius 1 is 1.07 bits per heavy atom. The van der Waals surface area contributed by atoms with E-state index in [4.69, 9.17) is 4.42 Å². The average Bonchev–Trinajstić information content (AvgIpc) is 3.05. The van der Waals surface area contributed by atoms with Crippen LogP contribution in [-0.4, -0.2) is 32.4 Å². The third-order valence-corrected chi connectivity index (χ3v) is 5.61. The lowest BCUT2D eigenvalue weighted by Crippen LogP contribution is -2.31. The first-order valence-electron chi connectivity index (χ1n) is 8.87. The van der Waals surface area contributed by atoms with E-state index in [9.17, 15) is 18.0 Å². The number of fused-ring (bicyclic) bond motifs is 1. The smallest absolute Gasteiger partial charge is 0.408 e. The molecule has 0 aliphatic carbocycles. The lowest BCUT2D eigenvalue weighted by atomic mass is 10.1. The number of oxazole rings is 1. The van der Waals surface area contributed by atoms with Gasteiger partial charge >= 0.3 is 5.76 Å². The molecule has 2 aromatic carbocycles. The quantitative estimate of drug-likeness (QED) is 0.468. The number of aryl methyl sites for hydroxylation is 1. The summed E-state index contributed by atoms with van der Waals surface area (Å²) in [6.07, 6.45) is 1.71. The molecule has 3 N–H and O–H groups in total. The Balaban J connectivity index is 1.42. The molecule has 0 aliphatic heterocycles. The Bertz CT molecular complexity index is 1100. The number of aromatic amines is 1. The van der Waals surface area contributed by atoms with Crippen LogP contribution in [0.2, 0.25) is 0 Å². The SMILES string of the molecule is O=C(CCNS(=O)(=O)c1ccc2[nH]c(=O)oc2c1)NCCCc1ccccc1. The molecule has 0 fully saturated rings. The number of hydrogen-bond donors (Lipinski definition) is 3. The van der Waals surface area contributed by atoms with E-state index in [1.165, 1.54) is 23.8 Å². The molecular weight excluding hydrogens is 382 g/mol. The highest BCUT2D eigenvalue weighted by Gasteiger charge is 2.16. The highest BCUT2D eigenvalue weighted by molar-refractivity contribution is 7.89. The van der Waals surface area contributed by atoms with Gasteiger partial charge in [0.15, 0.2) is 5.58 Å². The van der Waals surface area contributed by atoms with Crippen LogP contribution in [0.1, 0.15) is 18.4 Å². The summed E-state index contributed by atoms with van der Waals surface area (Å²) < 4.78 is 31.9. The molecule has 0 aliphatic rings. The summed E-state index contributed by atoms with van der Waals surface area (Å²) in [5.41, 5.74) is 1.78. The summed E-state index contributed by atoms with van der Waals surface area (Å²) in [6, 6.07) is 14.0. The van der Waals surface area contributed by atoms with Gasteiger partial charge in [0.2, 0.25) is 15.9 Å². The Kier molecular flexibility index (Phi) is 6.27. The van der Waals surface area contributed by atoms with Crippen LogP contribution in [0.25, 0.3) is 11.1 Å². The normalized spacial score (nSPS) is 11.6. The molecule has 1 heterocycles. The first kappa shape index (κ1) is 19.8. The summed E-state index contributed by atoms with van der Waals surface area (Å²) in [5.74, 6) is -0.871. The van der Waals surface area contributed by atoms with Gasteiger partial charge in [0.25, 0.3) is 0 Å². The minimum atomic E-state index is -3.81. The van der Waals surface area contributed by atoms with Crippen molar-refractivity contribution in [1.29, 1.82) is 0 Å². The number of aromatic nitrogens is 1. The third-order valence-electron chi connectivity index (χ3n) is 4.15. The van der Waals surface area contributed by atoms with Crippen molar-refractivity contribution in [3.8, 4) is 0 Å². The van der Waals surface area contributed by atoms with Crippen LogP contribution in [0.5, 0.6) is 0 Å². The number of amides is 1. The number of H-pyrrole nitrogens is 1. The Labute approximate surface area is 162 Å². The predicted octanol–water partition coefficient (Wildman–Crippen LogP) is 1.54. The Morgan fingerprint density at radius 3 is 2.64 bits per heavy atom. The fourth-order valence-electron chi connectivity index (χ4n) is 2.73. The molecule has 0 radical (unpaired) electrons. The molecule has 0 atom stereocenters. The van der Waals surface area contributed by atoms with Crippen molar-refractivity contribution in [1.82, 2.24) is 15.0 Å². The fourth-order valence-corrected chi connectivity index (χ4v) is 3.78. The van der Waals surface area contributed by atoms with E-state index in [-0.39, 0.29) is 29.4 Å². The maximum absolute atomic E-state index is 12.3. The fraction of sp³-hybridized carbons (Fsp3) is 0.263. The minimum absolute atomic E-state index is 0.0258. The second kappa shape index (κ2) is 8.85. The van der Waals surface area contributed by atoms with E-state index < -0.39 is 15.8 Å². The molecule has 0 spiro atoms. The summed E-state index contributed by atoms with van der Waals surface area (Å²) in [6.45, 7) is 0.506. The zero-order valence-corrected chi connectivity index (χ0v) is 15.9. The van der Waals surface area contributed by atoms with Gasteiger partial charge in [0.05, 0.1) is 10.4 Å². The largest absolute Gasteiger partial charge is 0.417 e. The number of carbonyl (C=O) groups is 1.